The van der Waals surface area contributed by atoms with Gasteiger partial charge in [0, 0.05) is 36.6 Å². The lowest BCUT2D eigenvalue weighted by Crippen LogP contribution is -2.52. The SMILES string of the molecule is O[C@@]12CCCC[C@H]1CN(Cc1csc(Nc3ccccc3)n1)CC2. The van der Waals surface area contributed by atoms with Crippen molar-refractivity contribution < 1.29 is 5.11 Å². The first-order chi connectivity index (χ1) is 11.7. The molecule has 24 heavy (non-hydrogen) atoms. The maximum absolute atomic E-state index is 10.8. The van der Waals surface area contributed by atoms with Crippen molar-refractivity contribution in [1.82, 2.24) is 9.88 Å². The Kier molecular flexibility index (Phi) is 4.57. The molecule has 4 rings (SSSR count). The molecule has 128 valence electrons. The van der Waals surface area contributed by atoms with E-state index in [-0.39, 0.29) is 0 Å². The van der Waals surface area contributed by atoms with E-state index in [0.29, 0.717) is 5.92 Å². The number of anilines is 2. The minimum atomic E-state index is -0.392. The smallest absolute Gasteiger partial charge is 0.187 e. The number of piperidine rings is 1. The molecule has 0 amide bonds. The van der Waals surface area contributed by atoms with E-state index in [0.717, 1.165) is 49.0 Å². The van der Waals surface area contributed by atoms with Crippen molar-refractivity contribution in [3.63, 3.8) is 0 Å². The summed E-state index contributed by atoms with van der Waals surface area (Å²) in [6, 6.07) is 10.2. The van der Waals surface area contributed by atoms with Gasteiger partial charge in [-0.3, -0.25) is 4.90 Å². The van der Waals surface area contributed by atoms with E-state index in [1.54, 1.807) is 11.3 Å². The molecule has 0 unspecified atom stereocenters. The molecule has 2 atom stereocenters. The van der Waals surface area contributed by atoms with E-state index in [2.05, 4.69) is 27.7 Å². The third kappa shape index (κ3) is 3.48. The Hall–Kier alpha value is -1.43. The molecule has 1 aliphatic heterocycles. The molecule has 1 aromatic carbocycles. The topological polar surface area (TPSA) is 48.4 Å². The van der Waals surface area contributed by atoms with E-state index >= 15 is 0 Å². The number of thiazole rings is 1. The van der Waals surface area contributed by atoms with E-state index in [1.807, 2.05) is 18.2 Å². The van der Waals surface area contributed by atoms with Crippen molar-refractivity contribution >= 4 is 22.2 Å². The molecule has 0 radical (unpaired) electrons. The highest BCUT2D eigenvalue weighted by Crippen LogP contribution is 2.40. The fourth-order valence-electron chi connectivity index (χ4n) is 4.09. The summed E-state index contributed by atoms with van der Waals surface area (Å²) in [4.78, 5) is 7.19. The minimum absolute atomic E-state index is 0.392. The second kappa shape index (κ2) is 6.82. The zero-order valence-corrected chi connectivity index (χ0v) is 14.8. The monoisotopic (exact) mass is 343 g/mol. The molecule has 2 N–H and O–H groups in total. The molecule has 0 spiro atoms. The summed E-state index contributed by atoms with van der Waals surface area (Å²) in [5, 5.41) is 17.2. The number of aliphatic hydroxyl groups is 1. The molecule has 0 bridgehead atoms. The maximum atomic E-state index is 10.8. The number of hydrogen-bond acceptors (Lipinski definition) is 5. The molecule has 2 fully saturated rings. The van der Waals surface area contributed by atoms with Gasteiger partial charge in [-0.1, -0.05) is 31.0 Å². The lowest BCUT2D eigenvalue weighted by molar-refractivity contribution is -0.0969. The Morgan fingerprint density at radius 1 is 1.25 bits per heavy atom. The van der Waals surface area contributed by atoms with Gasteiger partial charge < -0.3 is 10.4 Å². The predicted octanol–water partition coefficient (Wildman–Crippen LogP) is 4.01. The second-order valence-corrected chi connectivity index (χ2v) is 8.02. The van der Waals surface area contributed by atoms with Crippen molar-refractivity contribution in [2.75, 3.05) is 18.4 Å². The first-order valence-corrected chi connectivity index (χ1v) is 9.80. The molecule has 1 aromatic heterocycles. The van der Waals surface area contributed by atoms with Gasteiger partial charge in [-0.05, 0) is 31.4 Å². The van der Waals surface area contributed by atoms with Gasteiger partial charge in [-0.15, -0.1) is 11.3 Å². The number of para-hydroxylation sites is 1. The lowest BCUT2D eigenvalue weighted by Gasteiger charge is -2.47. The molecule has 5 heteroatoms. The summed E-state index contributed by atoms with van der Waals surface area (Å²) in [6.07, 6.45) is 5.53. The quantitative estimate of drug-likeness (QED) is 0.880. The van der Waals surface area contributed by atoms with Gasteiger partial charge in [0.2, 0.25) is 0 Å². The first kappa shape index (κ1) is 16.1. The second-order valence-electron chi connectivity index (χ2n) is 7.17. The Balaban J connectivity index is 1.36. The van der Waals surface area contributed by atoms with Crippen LogP contribution >= 0.6 is 11.3 Å². The van der Waals surface area contributed by atoms with E-state index in [1.165, 1.54) is 19.3 Å². The number of fused-ring (bicyclic) bond motifs is 1. The number of likely N-dealkylation sites (tertiary alicyclic amines) is 1. The molecular weight excluding hydrogens is 318 g/mol. The summed E-state index contributed by atoms with van der Waals surface area (Å²) >= 11 is 1.66. The number of rotatable bonds is 4. The van der Waals surface area contributed by atoms with Crippen LogP contribution in [0.15, 0.2) is 35.7 Å². The highest BCUT2D eigenvalue weighted by atomic mass is 32.1. The van der Waals surface area contributed by atoms with Crippen LogP contribution in [0, 0.1) is 5.92 Å². The third-order valence-corrected chi connectivity index (χ3v) is 6.28. The molecule has 1 saturated carbocycles. The Labute approximate surface area is 147 Å². The van der Waals surface area contributed by atoms with E-state index in [4.69, 9.17) is 4.98 Å². The molecule has 4 nitrogen and oxygen atoms in total. The largest absolute Gasteiger partial charge is 0.390 e. The zero-order valence-electron chi connectivity index (χ0n) is 13.9. The van der Waals surface area contributed by atoms with Crippen LogP contribution in [-0.2, 0) is 6.54 Å². The fraction of sp³-hybridized carbons (Fsp3) is 0.526. The highest BCUT2D eigenvalue weighted by Gasteiger charge is 2.42. The number of nitrogens with zero attached hydrogens (tertiary/aromatic N) is 2. The van der Waals surface area contributed by atoms with Crippen molar-refractivity contribution in [1.29, 1.82) is 0 Å². The van der Waals surface area contributed by atoms with Crippen LogP contribution in [0.25, 0.3) is 0 Å². The standard InChI is InChI=1S/C19H25N3OS/c23-19-9-5-4-6-15(19)12-22(11-10-19)13-17-14-24-18(21-17)20-16-7-2-1-3-8-16/h1-3,7-8,14-15,23H,4-6,9-13H2,(H,20,21)/t15-,19+/m0/s1. The fourth-order valence-corrected chi connectivity index (χ4v) is 4.82. The van der Waals surface area contributed by atoms with Crippen molar-refractivity contribution in [3.05, 3.63) is 41.4 Å². The molecule has 2 heterocycles. The molecule has 2 aliphatic rings. The number of aromatic nitrogens is 1. The van der Waals surface area contributed by atoms with Gasteiger partial charge in [0.15, 0.2) is 5.13 Å². The highest BCUT2D eigenvalue weighted by molar-refractivity contribution is 7.13. The summed E-state index contributed by atoms with van der Waals surface area (Å²) in [6.45, 7) is 2.88. The van der Waals surface area contributed by atoms with Gasteiger partial charge in [-0.25, -0.2) is 4.98 Å². The van der Waals surface area contributed by atoms with Crippen LogP contribution in [0.1, 0.15) is 37.8 Å². The Bertz CT molecular complexity index is 674. The van der Waals surface area contributed by atoms with Crippen LogP contribution in [0.4, 0.5) is 10.8 Å². The first-order valence-electron chi connectivity index (χ1n) is 8.92. The average molecular weight is 343 g/mol. The molecule has 1 aliphatic carbocycles. The van der Waals surface area contributed by atoms with Gasteiger partial charge in [-0.2, -0.15) is 0 Å². The van der Waals surface area contributed by atoms with Crippen molar-refractivity contribution in [2.45, 2.75) is 44.2 Å². The van der Waals surface area contributed by atoms with E-state index < -0.39 is 5.60 Å². The summed E-state index contributed by atoms with van der Waals surface area (Å²) < 4.78 is 0. The van der Waals surface area contributed by atoms with Gasteiger partial charge in [0.05, 0.1) is 11.3 Å². The molecular formula is C19H25N3OS. The predicted molar refractivity (Wildman–Crippen MR) is 98.6 cm³/mol. The van der Waals surface area contributed by atoms with Gasteiger partial charge in [0.25, 0.3) is 0 Å². The van der Waals surface area contributed by atoms with Crippen LogP contribution in [0.2, 0.25) is 0 Å². The Morgan fingerprint density at radius 3 is 3.00 bits per heavy atom. The van der Waals surface area contributed by atoms with Crippen molar-refractivity contribution in [2.24, 2.45) is 5.92 Å². The Morgan fingerprint density at radius 2 is 2.12 bits per heavy atom. The molecule has 1 saturated heterocycles. The van der Waals surface area contributed by atoms with Gasteiger partial charge in [0.1, 0.15) is 0 Å². The number of hydrogen-bond donors (Lipinski definition) is 2. The van der Waals surface area contributed by atoms with Gasteiger partial charge >= 0.3 is 0 Å². The average Bonchev–Trinajstić information content (AvgIpc) is 3.03. The van der Waals surface area contributed by atoms with Crippen LogP contribution in [0.3, 0.4) is 0 Å². The lowest BCUT2D eigenvalue weighted by atomic mass is 9.71. The third-order valence-electron chi connectivity index (χ3n) is 5.47. The molecule has 2 aromatic rings. The number of nitrogens with one attached hydrogen (secondary N) is 1. The normalized spacial score (nSPS) is 27.6. The van der Waals surface area contributed by atoms with Crippen molar-refractivity contribution in [3.8, 4) is 0 Å². The zero-order chi connectivity index (χ0) is 16.4. The van der Waals surface area contributed by atoms with Crippen LogP contribution in [-0.4, -0.2) is 33.7 Å². The van der Waals surface area contributed by atoms with Crippen LogP contribution < -0.4 is 5.32 Å². The summed E-state index contributed by atoms with van der Waals surface area (Å²) in [5.41, 5.74) is 1.81. The summed E-state index contributed by atoms with van der Waals surface area (Å²) in [7, 11) is 0. The van der Waals surface area contributed by atoms with E-state index in [9.17, 15) is 5.11 Å². The number of benzene rings is 1. The maximum Gasteiger partial charge on any atom is 0.187 e. The minimum Gasteiger partial charge on any atom is -0.390 e. The summed E-state index contributed by atoms with van der Waals surface area (Å²) in [5.74, 6) is 0.445. The van der Waals surface area contributed by atoms with Crippen LogP contribution in [0.5, 0.6) is 0 Å².